The monoisotopic (exact) mass is 492 g/mol. The molecule has 144 valence electrons. The lowest BCUT2D eigenvalue weighted by Gasteiger charge is -2.39. The third kappa shape index (κ3) is 4.11. The highest BCUT2D eigenvalue weighted by molar-refractivity contribution is 14.0. The number of hydrogen-bond donors (Lipinski definition) is 1. The molecule has 1 saturated heterocycles. The summed E-state index contributed by atoms with van der Waals surface area (Å²) in [6.45, 7) is 7.47. The van der Waals surface area contributed by atoms with E-state index in [9.17, 15) is 8.42 Å². The Labute approximate surface area is 171 Å². The average molecular weight is 492 g/mol. The topological polar surface area (TPSA) is 92.0 Å². The fourth-order valence-corrected chi connectivity index (χ4v) is 4.26. The fraction of sp³-hybridized carbons (Fsp3) is 0.562. The van der Waals surface area contributed by atoms with E-state index in [0.717, 1.165) is 11.5 Å². The molecule has 0 unspecified atom stereocenters. The van der Waals surface area contributed by atoms with Crippen molar-refractivity contribution in [3.63, 3.8) is 0 Å². The highest BCUT2D eigenvalue weighted by Crippen LogP contribution is 2.23. The van der Waals surface area contributed by atoms with Gasteiger partial charge in [0.1, 0.15) is 6.54 Å². The molecule has 1 aliphatic rings. The van der Waals surface area contributed by atoms with Crippen LogP contribution in [-0.4, -0.2) is 64.0 Å². The number of rotatable bonds is 3. The number of hydrogen-bond acceptors (Lipinski definition) is 5. The van der Waals surface area contributed by atoms with Gasteiger partial charge in [0, 0.05) is 25.8 Å². The van der Waals surface area contributed by atoms with Gasteiger partial charge in [-0.25, -0.2) is 13.4 Å². The Kier molecular flexibility index (Phi) is 6.48. The largest absolute Gasteiger partial charge is 0.357 e. The first-order chi connectivity index (χ1) is 11.8. The van der Waals surface area contributed by atoms with Gasteiger partial charge in [-0.3, -0.25) is 4.40 Å². The van der Waals surface area contributed by atoms with E-state index in [1.54, 1.807) is 13.8 Å². The van der Waals surface area contributed by atoms with Crippen molar-refractivity contribution in [2.75, 3.05) is 25.4 Å². The predicted molar refractivity (Wildman–Crippen MR) is 113 cm³/mol. The molecule has 3 heterocycles. The summed E-state index contributed by atoms with van der Waals surface area (Å²) >= 11 is 0. The summed E-state index contributed by atoms with van der Waals surface area (Å²) in [6.07, 6.45) is 1.91. The Hall–Kier alpha value is -1.43. The highest BCUT2D eigenvalue weighted by atomic mass is 127. The van der Waals surface area contributed by atoms with Crippen LogP contribution in [-0.2, 0) is 16.4 Å². The van der Waals surface area contributed by atoms with Crippen LogP contribution in [0, 0.1) is 0 Å². The second-order valence-electron chi connectivity index (χ2n) is 6.72. The third-order valence-corrected chi connectivity index (χ3v) is 6.97. The zero-order valence-corrected chi connectivity index (χ0v) is 18.4. The third-order valence-electron chi connectivity index (χ3n) is 4.43. The molecule has 1 fully saturated rings. The second-order valence-corrected chi connectivity index (χ2v) is 9.46. The van der Waals surface area contributed by atoms with Crippen LogP contribution in [0.2, 0.25) is 0 Å². The molecule has 2 aromatic rings. The predicted octanol–water partition coefficient (Wildman–Crippen LogP) is 1.32. The minimum Gasteiger partial charge on any atom is -0.357 e. The van der Waals surface area contributed by atoms with Crippen LogP contribution in [0.5, 0.6) is 0 Å². The maximum atomic E-state index is 12.2. The summed E-state index contributed by atoms with van der Waals surface area (Å²) < 4.78 is 25.5. The van der Waals surface area contributed by atoms with Crippen molar-refractivity contribution in [2.24, 2.45) is 4.99 Å². The number of sulfone groups is 1. The number of nitrogens with one attached hydrogen (secondary N) is 1. The Morgan fingerprint density at radius 1 is 1.35 bits per heavy atom. The van der Waals surface area contributed by atoms with E-state index < -0.39 is 14.6 Å². The molecule has 1 aliphatic heterocycles. The normalized spacial score (nSPS) is 19.2. The molecule has 0 amide bonds. The van der Waals surface area contributed by atoms with Crippen LogP contribution in [0.1, 0.15) is 26.6 Å². The maximum Gasteiger partial charge on any atom is 0.194 e. The van der Waals surface area contributed by atoms with Crippen molar-refractivity contribution in [2.45, 2.75) is 32.1 Å². The number of nitrogens with zero attached hydrogens (tertiary/aromatic N) is 5. The van der Waals surface area contributed by atoms with Crippen LogP contribution in [0.4, 0.5) is 0 Å². The molecule has 10 heteroatoms. The summed E-state index contributed by atoms with van der Waals surface area (Å²) in [5.41, 5.74) is 0.780. The lowest BCUT2D eigenvalue weighted by atomic mass is 10.2. The fourth-order valence-electron chi connectivity index (χ4n) is 2.89. The van der Waals surface area contributed by atoms with E-state index in [4.69, 9.17) is 0 Å². The zero-order valence-electron chi connectivity index (χ0n) is 15.2. The van der Waals surface area contributed by atoms with Gasteiger partial charge in [-0.2, -0.15) is 0 Å². The Morgan fingerprint density at radius 3 is 2.81 bits per heavy atom. The van der Waals surface area contributed by atoms with E-state index in [1.807, 2.05) is 40.6 Å². The maximum absolute atomic E-state index is 12.2. The molecule has 0 aliphatic carbocycles. The number of pyridine rings is 1. The first kappa shape index (κ1) is 20.9. The molecule has 8 nitrogen and oxygen atoms in total. The van der Waals surface area contributed by atoms with Crippen molar-refractivity contribution < 1.29 is 8.42 Å². The van der Waals surface area contributed by atoms with E-state index >= 15 is 0 Å². The quantitative estimate of drug-likeness (QED) is 0.395. The molecule has 0 aromatic carbocycles. The molecule has 0 radical (unpaired) electrons. The Morgan fingerprint density at radius 2 is 2.12 bits per heavy atom. The van der Waals surface area contributed by atoms with Gasteiger partial charge in [0.25, 0.3) is 0 Å². The second kappa shape index (κ2) is 8.07. The van der Waals surface area contributed by atoms with Gasteiger partial charge in [0.05, 0.1) is 10.5 Å². The molecule has 0 bridgehead atoms. The number of halogens is 1. The van der Waals surface area contributed by atoms with Gasteiger partial charge < -0.3 is 10.2 Å². The van der Waals surface area contributed by atoms with Crippen molar-refractivity contribution >= 4 is 45.4 Å². The average Bonchev–Trinajstić information content (AvgIpc) is 2.97. The smallest absolute Gasteiger partial charge is 0.194 e. The van der Waals surface area contributed by atoms with Crippen LogP contribution >= 0.6 is 24.0 Å². The number of aliphatic imine (C=N–C) groups is 1. The lowest BCUT2D eigenvalue weighted by molar-refractivity contribution is 0.353. The standard InChI is InChI=1S/C16H24N6O2S.HI/c1-4-17-15(21-9-10-25(23,24)16(2,3)12-21)18-11-14-20-19-13-7-5-6-8-22(13)14;/h5-8H,4,9-12H2,1-3H3,(H,17,18);1H. The molecule has 0 spiro atoms. The molecule has 2 aromatic heterocycles. The Balaban J connectivity index is 0.00000243. The molecule has 1 N–H and O–H groups in total. The molecule has 0 atom stereocenters. The summed E-state index contributed by atoms with van der Waals surface area (Å²) in [5.74, 6) is 1.59. The summed E-state index contributed by atoms with van der Waals surface area (Å²) in [4.78, 5) is 6.66. The molecular formula is C16H25IN6O2S. The zero-order chi connectivity index (χ0) is 18.1. The first-order valence-corrected chi connectivity index (χ1v) is 10.0. The molecule has 3 rings (SSSR count). The van der Waals surface area contributed by atoms with E-state index in [2.05, 4.69) is 20.5 Å². The van der Waals surface area contributed by atoms with Gasteiger partial charge in [0.15, 0.2) is 27.3 Å². The lowest BCUT2D eigenvalue weighted by Crippen LogP contribution is -2.57. The minimum atomic E-state index is -3.08. The van der Waals surface area contributed by atoms with Crippen molar-refractivity contribution in [1.82, 2.24) is 24.8 Å². The van der Waals surface area contributed by atoms with Crippen LogP contribution in [0.15, 0.2) is 29.4 Å². The number of fused-ring (bicyclic) bond motifs is 1. The van der Waals surface area contributed by atoms with Gasteiger partial charge in [0.2, 0.25) is 0 Å². The number of aromatic nitrogens is 3. The first-order valence-electron chi connectivity index (χ1n) is 8.38. The summed E-state index contributed by atoms with van der Waals surface area (Å²) in [6, 6.07) is 5.73. The minimum absolute atomic E-state index is 0. The van der Waals surface area contributed by atoms with Gasteiger partial charge >= 0.3 is 0 Å². The SMILES string of the molecule is CCNC(=NCc1nnc2ccccn12)N1CCS(=O)(=O)C(C)(C)C1.I. The Bertz CT molecular complexity index is 893. The van der Waals surface area contributed by atoms with Crippen LogP contribution < -0.4 is 5.32 Å². The van der Waals surface area contributed by atoms with Crippen LogP contribution in [0.25, 0.3) is 5.65 Å². The number of guanidine groups is 1. The van der Waals surface area contributed by atoms with Gasteiger partial charge in [-0.15, -0.1) is 34.2 Å². The summed E-state index contributed by atoms with van der Waals surface area (Å²) in [7, 11) is -3.08. The highest BCUT2D eigenvalue weighted by Gasteiger charge is 2.40. The molecule has 0 saturated carbocycles. The van der Waals surface area contributed by atoms with Gasteiger partial charge in [-0.1, -0.05) is 6.07 Å². The van der Waals surface area contributed by atoms with Crippen LogP contribution in [0.3, 0.4) is 0 Å². The van der Waals surface area contributed by atoms with Crippen molar-refractivity contribution in [3.05, 3.63) is 30.2 Å². The van der Waals surface area contributed by atoms with Gasteiger partial charge in [-0.05, 0) is 32.9 Å². The summed E-state index contributed by atoms with van der Waals surface area (Å²) in [5, 5.41) is 11.6. The van der Waals surface area contributed by atoms with E-state index in [-0.39, 0.29) is 29.7 Å². The van der Waals surface area contributed by atoms with E-state index in [1.165, 1.54) is 0 Å². The van der Waals surface area contributed by atoms with Crippen molar-refractivity contribution in [3.8, 4) is 0 Å². The van der Waals surface area contributed by atoms with E-state index in [0.29, 0.717) is 32.1 Å². The molecule has 26 heavy (non-hydrogen) atoms. The van der Waals surface area contributed by atoms with Crippen molar-refractivity contribution in [1.29, 1.82) is 0 Å². The molecular weight excluding hydrogens is 467 g/mol.